The molecule has 4 rings (SSSR count). The number of carbonyl (C=O) groups is 1. The van der Waals surface area contributed by atoms with Gasteiger partial charge in [-0.15, -0.1) is 0 Å². The molecule has 0 radical (unpaired) electrons. The van der Waals surface area contributed by atoms with Gasteiger partial charge in [-0.3, -0.25) is 14.1 Å². The Hall–Kier alpha value is -3.39. The second-order valence-corrected chi connectivity index (χ2v) is 9.52. The number of nitrogens with zero attached hydrogens (tertiary/aromatic N) is 2. The predicted octanol–water partition coefficient (Wildman–Crippen LogP) is 3.23. The van der Waals surface area contributed by atoms with E-state index in [4.69, 9.17) is 4.74 Å². The first kappa shape index (κ1) is 21.8. The summed E-state index contributed by atoms with van der Waals surface area (Å²) in [6.07, 6.45) is 4.99. The number of benzene rings is 2. The van der Waals surface area contributed by atoms with Gasteiger partial charge in [0.15, 0.2) is 6.61 Å². The summed E-state index contributed by atoms with van der Waals surface area (Å²) >= 11 is 0. The standard InChI is InChI=1S/C24H25N3O4S/c1-18-15-21(32(29,30)27-14-4-6-20-5-2-3-7-22(20)27)8-9-23(18)31-17-24(28)26-16-19-10-12-25-13-11-19/h2-3,5,7-13,15H,4,6,14,16-17H2,1H3,(H,26,28). The van der Waals surface area contributed by atoms with E-state index in [1.54, 1.807) is 31.5 Å². The van der Waals surface area contributed by atoms with Crippen molar-refractivity contribution < 1.29 is 17.9 Å². The smallest absolute Gasteiger partial charge is 0.264 e. The Balaban J connectivity index is 1.42. The van der Waals surface area contributed by atoms with Crippen LogP contribution in [0, 0.1) is 6.92 Å². The minimum atomic E-state index is -3.69. The summed E-state index contributed by atoms with van der Waals surface area (Å²) < 4.78 is 33.7. The third-order valence-corrected chi connectivity index (χ3v) is 7.21. The molecule has 0 saturated carbocycles. The number of ether oxygens (including phenoxy) is 1. The van der Waals surface area contributed by atoms with Crippen molar-refractivity contribution >= 4 is 21.6 Å². The van der Waals surface area contributed by atoms with Crippen LogP contribution in [0.25, 0.3) is 0 Å². The molecule has 1 aliphatic heterocycles. The fourth-order valence-electron chi connectivity index (χ4n) is 3.72. The van der Waals surface area contributed by atoms with Gasteiger partial charge in [0.1, 0.15) is 5.75 Å². The first-order chi connectivity index (χ1) is 15.4. The predicted molar refractivity (Wildman–Crippen MR) is 122 cm³/mol. The zero-order valence-corrected chi connectivity index (χ0v) is 18.6. The van der Waals surface area contributed by atoms with Crippen molar-refractivity contribution in [1.82, 2.24) is 10.3 Å². The summed E-state index contributed by atoms with van der Waals surface area (Å²) in [5, 5.41) is 2.78. The molecular formula is C24H25N3O4S. The molecule has 0 saturated heterocycles. The molecule has 1 aliphatic rings. The number of aryl methyl sites for hydroxylation is 2. The first-order valence-corrected chi connectivity index (χ1v) is 11.9. The topological polar surface area (TPSA) is 88.6 Å². The van der Waals surface area contributed by atoms with Crippen molar-refractivity contribution in [3.05, 3.63) is 83.7 Å². The Labute approximate surface area is 188 Å². The molecule has 0 spiro atoms. The van der Waals surface area contributed by atoms with Crippen molar-refractivity contribution in [2.45, 2.75) is 31.2 Å². The van der Waals surface area contributed by atoms with Crippen LogP contribution in [0.2, 0.25) is 0 Å². The summed E-state index contributed by atoms with van der Waals surface area (Å²) in [6, 6.07) is 16.0. The molecule has 0 aliphatic carbocycles. The number of para-hydroxylation sites is 1. The highest BCUT2D eigenvalue weighted by molar-refractivity contribution is 7.92. The molecule has 2 aromatic carbocycles. The number of anilines is 1. The molecular weight excluding hydrogens is 426 g/mol. The van der Waals surface area contributed by atoms with Crippen LogP contribution in [0.5, 0.6) is 5.75 Å². The highest BCUT2D eigenvalue weighted by Gasteiger charge is 2.29. The highest BCUT2D eigenvalue weighted by atomic mass is 32.2. The molecule has 32 heavy (non-hydrogen) atoms. The van der Waals surface area contributed by atoms with Gasteiger partial charge in [0, 0.05) is 25.5 Å². The van der Waals surface area contributed by atoms with E-state index in [2.05, 4.69) is 10.3 Å². The third-order valence-electron chi connectivity index (χ3n) is 5.40. The second kappa shape index (κ2) is 9.40. The first-order valence-electron chi connectivity index (χ1n) is 10.4. The Morgan fingerprint density at radius 1 is 1.12 bits per heavy atom. The summed E-state index contributed by atoms with van der Waals surface area (Å²) in [6.45, 7) is 2.46. The molecule has 1 N–H and O–H groups in total. The molecule has 8 heteroatoms. The maximum Gasteiger partial charge on any atom is 0.264 e. The van der Waals surface area contributed by atoms with E-state index in [1.165, 1.54) is 10.4 Å². The number of carbonyl (C=O) groups excluding carboxylic acids is 1. The monoisotopic (exact) mass is 451 g/mol. The van der Waals surface area contributed by atoms with E-state index >= 15 is 0 Å². The molecule has 0 fully saturated rings. The van der Waals surface area contributed by atoms with Crippen LogP contribution >= 0.6 is 0 Å². The maximum absolute atomic E-state index is 13.3. The number of aromatic nitrogens is 1. The molecule has 2 heterocycles. The molecule has 1 aromatic heterocycles. The number of sulfonamides is 1. The maximum atomic E-state index is 13.3. The molecule has 1 amide bonds. The summed E-state index contributed by atoms with van der Waals surface area (Å²) in [7, 11) is -3.69. The van der Waals surface area contributed by atoms with Gasteiger partial charge in [0.05, 0.1) is 10.6 Å². The Morgan fingerprint density at radius 2 is 1.91 bits per heavy atom. The average Bonchev–Trinajstić information content (AvgIpc) is 2.82. The number of hydrogen-bond donors (Lipinski definition) is 1. The quantitative estimate of drug-likeness (QED) is 0.596. The lowest BCUT2D eigenvalue weighted by Gasteiger charge is -2.30. The highest BCUT2D eigenvalue weighted by Crippen LogP contribution is 2.33. The molecule has 3 aromatic rings. The van der Waals surface area contributed by atoms with Crippen molar-refractivity contribution in [3.8, 4) is 5.75 Å². The van der Waals surface area contributed by atoms with Crippen LogP contribution in [0.4, 0.5) is 5.69 Å². The van der Waals surface area contributed by atoms with Crippen LogP contribution in [0.1, 0.15) is 23.1 Å². The fourth-order valence-corrected chi connectivity index (χ4v) is 5.34. The Morgan fingerprint density at radius 3 is 2.69 bits per heavy atom. The fraction of sp³-hybridized carbons (Fsp3) is 0.250. The van der Waals surface area contributed by atoms with Crippen LogP contribution in [0.3, 0.4) is 0 Å². The van der Waals surface area contributed by atoms with Crippen LogP contribution in [-0.4, -0.2) is 32.5 Å². The van der Waals surface area contributed by atoms with Crippen molar-refractivity contribution in [1.29, 1.82) is 0 Å². The van der Waals surface area contributed by atoms with E-state index in [1.807, 2.05) is 36.4 Å². The van der Waals surface area contributed by atoms with Crippen molar-refractivity contribution in [2.24, 2.45) is 0 Å². The summed E-state index contributed by atoms with van der Waals surface area (Å²) in [4.78, 5) is 16.2. The Bertz CT molecular complexity index is 1210. The second-order valence-electron chi connectivity index (χ2n) is 7.66. The summed E-state index contributed by atoms with van der Waals surface area (Å²) in [5.74, 6) is 0.213. The van der Waals surface area contributed by atoms with E-state index in [0.717, 1.165) is 29.7 Å². The number of nitrogens with one attached hydrogen (secondary N) is 1. The van der Waals surface area contributed by atoms with Crippen molar-refractivity contribution in [3.63, 3.8) is 0 Å². The van der Waals surface area contributed by atoms with Crippen molar-refractivity contribution in [2.75, 3.05) is 17.5 Å². The van der Waals surface area contributed by atoms with E-state index < -0.39 is 10.0 Å². The largest absolute Gasteiger partial charge is 0.484 e. The lowest BCUT2D eigenvalue weighted by Crippen LogP contribution is -2.35. The molecule has 0 atom stereocenters. The SMILES string of the molecule is Cc1cc(S(=O)(=O)N2CCCc3ccccc32)ccc1OCC(=O)NCc1ccncc1. The van der Waals surface area contributed by atoms with Crippen LogP contribution in [0.15, 0.2) is 71.9 Å². The lowest BCUT2D eigenvalue weighted by molar-refractivity contribution is -0.123. The lowest BCUT2D eigenvalue weighted by atomic mass is 10.0. The number of amides is 1. The van der Waals surface area contributed by atoms with Gasteiger partial charge in [0.2, 0.25) is 0 Å². The zero-order valence-electron chi connectivity index (χ0n) is 17.8. The minimum Gasteiger partial charge on any atom is -0.484 e. The Kier molecular flexibility index (Phi) is 6.41. The van der Waals surface area contributed by atoms with Gasteiger partial charge in [-0.05, 0) is 72.9 Å². The molecule has 7 nitrogen and oxygen atoms in total. The summed E-state index contributed by atoms with van der Waals surface area (Å²) in [5.41, 5.74) is 3.37. The number of fused-ring (bicyclic) bond motifs is 1. The van der Waals surface area contributed by atoms with E-state index in [-0.39, 0.29) is 17.4 Å². The molecule has 0 bridgehead atoms. The normalized spacial score (nSPS) is 13.3. The van der Waals surface area contributed by atoms with E-state index in [0.29, 0.717) is 24.4 Å². The van der Waals surface area contributed by atoms with Gasteiger partial charge in [0.25, 0.3) is 15.9 Å². The van der Waals surface area contributed by atoms with Crippen LogP contribution in [-0.2, 0) is 27.8 Å². The van der Waals surface area contributed by atoms with Gasteiger partial charge in [-0.25, -0.2) is 8.42 Å². The molecule has 0 unspecified atom stereocenters. The number of pyridine rings is 1. The number of hydrogen-bond acceptors (Lipinski definition) is 5. The zero-order chi connectivity index (χ0) is 22.6. The van der Waals surface area contributed by atoms with Gasteiger partial charge >= 0.3 is 0 Å². The third kappa shape index (κ3) is 4.75. The average molecular weight is 452 g/mol. The van der Waals surface area contributed by atoms with Gasteiger partial charge in [-0.1, -0.05) is 18.2 Å². The minimum absolute atomic E-state index is 0.155. The van der Waals surface area contributed by atoms with Crippen LogP contribution < -0.4 is 14.4 Å². The molecule has 166 valence electrons. The van der Waals surface area contributed by atoms with E-state index in [9.17, 15) is 13.2 Å². The number of rotatable bonds is 7. The van der Waals surface area contributed by atoms with Gasteiger partial charge < -0.3 is 10.1 Å². The van der Waals surface area contributed by atoms with Gasteiger partial charge in [-0.2, -0.15) is 0 Å².